The van der Waals surface area contributed by atoms with Gasteiger partial charge in [-0.15, -0.1) is 0 Å². The Morgan fingerprint density at radius 2 is 1.63 bits per heavy atom. The summed E-state index contributed by atoms with van der Waals surface area (Å²) in [5.41, 5.74) is 6.75. The lowest BCUT2D eigenvalue weighted by molar-refractivity contribution is -0.144. The van der Waals surface area contributed by atoms with Crippen LogP contribution in [0.25, 0.3) is 0 Å². The fourth-order valence-corrected chi connectivity index (χ4v) is 6.26. The van der Waals surface area contributed by atoms with Crippen LogP contribution >= 0.6 is 0 Å². The summed E-state index contributed by atoms with van der Waals surface area (Å²) in [5, 5.41) is 33.0. The van der Waals surface area contributed by atoms with Crippen molar-refractivity contribution in [2.75, 3.05) is 19.6 Å². The second kappa shape index (κ2) is 19.5. The SMILES string of the molecule is CC(=O)N[C@H]1CNC(=O)/C=C/[C@H](Cc2ccc(O)cc2)NC(=O)[C@@H](Cc2ccccc2)NC(=O)C(=O)[C@H](CCCNC(=N)N)NC(=O)[C@@H]2CCCN2C1=O. The zero-order valence-electron chi connectivity index (χ0n) is 29.9. The second-order valence-electron chi connectivity index (χ2n) is 13.2. The summed E-state index contributed by atoms with van der Waals surface area (Å²) < 4.78 is 0. The molecular weight excluding hydrogens is 698 g/mol. The number of phenolic OH excluding ortho intramolecular Hbond substituents is 1. The number of phenols is 1. The Balaban J connectivity index is 1.72. The molecule has 1 fully saturated rings. The third-order valence-corrected chi connectivity index (χ3v) is 8.94. The van der Waals surface area contributed by atoms with Crippen molar-refractivity contribution in [3.8, 4) is 5.75 Å². The molecule has 2 aromatic rings. The van der Waals surface area contributed by atoms with E-state index in [9.17, 15) is 38.7 Å². The van der Waals surface area contributed by atoms with Crippen LogP contribution in [0, 0.1) is 5.41 Å². The fraction of sp³-hybridized carbons (Fsp3) is 0.405. The zero-order chi connectivity index (χ0) is 39.2. The quantitative estimate of drug-likeness (QED) is 0.0630. The third-order valence-electron chi connectivity index (χ3n) is 8.94. The van der Waals surface area contributed by atoms with Gasteiger partial charge in [0.25, 0.3) is 5.91 Å². The van der Waals surface area contributed by atoms with Gasteiger partial charge in [0.1, 0.15) is 23.9 Å². The molecule has 2 aliphatic heterocycles. The maximum absolute atomic E-state index is 14.0. The molecule has 5 atom stereocenters. The number of guanidine groups is 1. The van der Waals surface area contributed by atoms with E-state index in [1.807, 2.05) is 0 Å². The number of hydrogen-bond donors (Lipinski definition) is 9. The third kappa shape index (κ3) is 12.2. The van der Waals surface area contributed by atoms with E-state index < -0.39 is 71.4 Å². The number of aromatic hydroxyl groups is 1. The average molecular weight is 746 g/mol. The van der Waals surface area contributed by atoms with Gasteiger partial charge < -0.3 is 47.6 Å². The number of nitrogens with zero attached hydrogens (tertiary/aromatic N) is 1. The van der Waals surface area contributed by atoms with Gasteiger partial charge in [0.2, 0.25) is 35.3 Å². The van der Waals surface area contributed by atoms with Gasteiger partial charge in [-0.2, -0.15) is 0 Å². The first-order chi connectivity index (χ1) is 25.8. The Hall–Kier alpha value is -6.26. The molecule has 6 amide bonds. The average Bonchev–Trinajstić information content (AvgIpc) is 3.64. The summed E-state index contributed by atoms with van der Waals surface area (Å²) in [6.07, 6.45) is 3.58. The maximum atomic E-state index is 14.0. The number of benzene rings is 2. The first-order valence-electron chi connectivity index (χ1n) is 17.7. The maximum Gasteiger partial charge on any atom is 0.290 e. The first-order valence-corrected chi connectivity index (χ1v) is 17.7. The summed E-state index contributed by atoms with van der Waals surface area (Å²) in [4.78, 5) is 95.4. The van der Waals surface area contributed by atoms with E-state index in [2.05, 4.69) is 31.9 Å². The minimum Gasteiger partial charge on any atom is -0.508 e. The number of nitrogens with two attached hydrogens (primary N) is 1. The molecule has 0 radical (unpaired) electrons. The number of hydrogen-bond acceptors (Lipinski definition) is 9. The van der Waals surface area contributed by atoms with E-state index >= 15 is 0 Å². The van der Waals surface area contributed by atoms with Crippen LogP contribution in [0.3, 0.4) is 0 Å². The summed E-state index contributed by atoms with van der Waals surface area (Å²) in [7, 11) is 0. The Morgan fingerprint density at radius 3 is 2.31 bits per heavy atom. The Labute approximate surface area is 312 Å². The molecule has 17 heteroatoms. The first kappa shape index (κ1) is 40.5. The van der Waals surface area contributed by atoms with Crippen molar-refractivity contribution in [1.82, 2.24) is 36.8 Å². The lowest BCUT2D eigenvalue weighted by Crippen LogP contribution is -2.58. The van der Waals surface area contributed by atoms with Crippen molar-refractivity contribution in [2.45, 2.75) is 75.7 Å². The monoisotopic (exact) mass is 745 g/mol. The topological polar surface area (TPSA) is 265 Å². The molecule has 17 nitrogen and oxygen atoms in total. The highest BCUT2D eigenvalue weighted by Crippen LogP contribution is 2.20. The number of carbonyl (C=O) groups excluding carboxylic acids is 7. The van der Waals surface area contributed by atoms with Crippen molar-refractivity contribution in [3.63, 3.8) is 0 Å². The van der Waals surface area contributed by atoms with E-state index in [1.165, 1.54) is 36.1 Å². The van der Waals surface area contributed by atoms with Gasteiger partial charge in [0, 0.05) is 39.1 Å². The van der Waals surface area contributed by atoms with E-state index in [-0.39, 0.29) is 63.4 Å². The number of fused-ring (bicyclic) bond motifs is 1. The summed E-state index contributed by atoms with van der Waals surface area (Å²) in [6, 6.07) is 9.27. The molecule has 4 rings (SSSR count). The minimum absolute atomic E-state index is 0.00887. The molecule has 10 N–H and O–H groups in total. The van der Waals surface area contributed by atoms with E-state index in [1.54, 1.807) is 42.5 Å². The fourth-order valence-electron chi connectivity index (χ4n) is 6.26. The number of ketones is 1. The molecule has 0 aromatic heterocycles. The van der Waals surface area contributed by atoms with Gasteiger partial charge in [-0.1, -0.05) is 48.5 Å². The van der Waals surface area contributed by atoms with Gasteiger partial charge in [-0.3, -0.25) is 39.0 Å². The smallest absolute Gasteiger partial charge is 0.290 e. The predicted molar refractivity (Wildman–Crippen MR) is 196 cm³/mol. The molecule has 0 spiro atoms. The van der Waals surface area contributed by atoms with Crippen molar-refractivity contribution in [3.05, 3.63) is 77.9 Å². The van der Waals surface area contributed by atoms with E-state index in [0.717, 1.165) is 0 Å². The number of rotatable bonds is 9. The van der Waals surface area contributed by atoms with Crippen molar-refractivity contribution >= 4 is 47.2 Å². The molecule has 2 heterocycles. The lowest BCUT2D eigenvalue weighted by atomic mass is 10.0. The molecule has 1 saturated heterocycles. The van der Waals surface area contributed by atoms with E-state index in [4.69, 9.17) is 11.1 Å². The molecule has 288 valence electrons. The molecule has 0 unspecified atom stereocenters. The molecule has 54 heavy (non-hydrogen) atoms. The van der Waals surface area contributed by atoms with Gasteiger partial charge in [0.15, 0.2) is 5.96 Å². The Kier molecular flexibility index (Phi) is 14.7. The minimum atomic E-state index is -1.37. The van der Waals surface area contributed by atoms with Gasteiger partial charge in [-0.05, 0) is 55.4 Å². The highest BCUT2D eigenvalue weighted by molar-refractivity contribution is 6.38. The van der Waals surface area contributed by atoms with Gasteiger partial charge >= 0.3 is 0 Å². The van der Waals surface area contributed by atoms with Gasteiger partial charge in [0.05, 0.1) is 12.1 Å². The van der Waals surface area contributed by atoms with Crippen LogP contribution in [0.5, 0.6) is 5.75 Å². The predicted octanol–water partition coefficient (Wildman–Crippen LogP) is -1.35. The van der Waals surface area contributed by atoms with Crippen LogP contribution in [-0.4, -0.2) is 107 Å². The second-order valence-corrected chi connectivity index (χ2v) is 13.2. The number of amides is 6. The highest BCUT2D eigenvalue weighted by atomic mass is 16.3. The Morgan fingerprint density at radius 1 is 0.926 bits per heavy atom. The van der Waals surface area contributed by atoms with Crippen LogP contribution < -0.4 is 37.6 Å². The standard InChI is InChI=1S/C37H47N9O8/c1-22(47)42-29-21-41-31(49)16-13-25(19-24-11-14-26(48)15-12-24)43-33(51)28(20-23-7-3-2-4-8-23)45-35(53)32(50)27(9-5-17-40-37(38)39)44-34(52)30-10-6-18-46(30)36(29)54/h2-4,7-8,11-16,25,27-30,48H,5-6,9-10,17-21H2,1H3,(H,41,49)(H,42,47)(H,43,51)(H,44,52)(H,45,53)(H4,38,39,40)/b16-13+/t25-,27+,28-,29+,30+/m1/s1. The Bertz CT molecular complexity index is 1730. The lowest BCUT2D eigenvalue weighted by Gasteiger charge is -2.29. The summed E-state index contributed by atoms with van der Waals surface area (Å²) in [5.74, 6) is -5.63. The molecule has 2 aliphatic rings. The molecular formula is C37H47N9O8. The van der Waals surface area contributed by atoms with Crippen LogP contribution in [0.15, 0.2) is 66.7 Å². The summed E-state index contributed by atoms with van der Waals surface area (Å²) >= 11 is 0. The highest BCUT2D eigenvalue weighted by Gasteiger charge is 2.40. The van der Waals surface area contributed by atoms with Crippen LogP contribution in [0.2, 0.25) is 0 Å². The molecule has 0 bridgehead atoms. The van der Waals surface area contributed by atoms with Crippen LogP contribution in [0.1, 0.15) is 43.7 Å². The molecule has 2 aromatic carbocycles. The largest absolute Gasteiger partial charge is 0.508 e. The van der Waals surface area contributed by atoms with Crippen LogP contribution in [0.4, 0.5) is 0 Å². The number of carbonyl (C=O) groups is 7. The molecule has 0 aliphatic carbocycles. The van der Waals surface area contributed by atoms with E-state index in [0.29, 0.717) is 17.5 Å². The van der Waals surface area contributed by atoms with Crippen molar-refractivity contribution < 1.29 is 38.7 Å². The normalized spacial score (nSPS) is 23.6. The zero-order valence-corrected chi connectivity index (χ0v) is 29.9. The van der Waals surface area contributed by atoms with Gasteiger partial charge in [-0.25, -0.2) is 0 Å². The molecule has 0 saturated carbocycles. The summed E-state index contributed by atoms with van der Waals surface area (Å²) in [6.45, 7) is 1.21. The number of nitrogens with one attached hydrogen (secondary N) is 7. The van der Waals surface area contributed by atoms with Crippen molar-refractivity contribution in [2.24, 2.45) is 5.73 Å². The van der Waals surface area contributed by atoms with Crippen LogP contribution in [-0.2, 0) is 46.4 Å². The van der Waals surface area contributed by atoms with Crippen molar-refractivity contribution in [1.29, 1.82) is 5.41 Å². The number of Topliss-reactive ketones (excluding diaryl/α,β-unsaturated/α-hetero) is 1.